The van der Waals surface area contributed by atoms with E-state index in [0.29, 0.717) is 0 Å². The summed E-state index contributed by atoms with van der Waals surface area (Å²) in [6.45, 7) is 17.0. The van der Waals surface area contributed by atoms with Gasteiger partial charge >= 0.3 is 0 Å². The molecule has 0 saturated carbocycles. The monoisotopic (exact) mass is 844 g/mol. The lowest BCUT2D eigenvalue weighted by molar-refractivity contribution is 0.683. The van der Waals surface area contributed by atoms with Crippen molar-refractivity contribution in [3.8, 4) is 33.6 Å². The zero-order valence-corrected chi connectivity index (χ0v) is 38.0. The number of aromatic nitrogens is 2. The highest BCUT2D eigenvalue weighted by molar-refractivity contribution is 5.96. The van der Waals surface area contributed by atoms with Crippen molar-refractivity contribution in [2.45, 2.75) is 52.4 Å². The summed E-state index contributed by atoms with van der Waals surface area (Å²) in [5.41, 5.74) is 20.2. The Balaban J connectivity index is 0.00000173. The Morgan fingerprint density at radius 1 is 0.646 bits per heavy atom. The maximum Gasteiger partial charge on any atom is 0.0973 e. The van der Waals surface area contributed by atoms with Gasteiger partial charge in [-0.15, -0.1) is 13.2 Å². The summed E-state index contributed by atoms with van der Waals surface area (Å²) < 4.78 is 0. The second-order valence-electron chi connectivity index (χ2n) is 17.4. The van der Waals surface area contributed by atoms with E-state index in [4.69, 9.17) is 9.97 Å². The molecule has 0 bridgehead atoms. The van der Waals surface area contributed by atoms with E-state index in [2.05, 4.69) is 220 Å². The van der Waals surface area contributed by atoms with E-state index in [0.717, 1.165) is 87.5 Å². The van der Waals surface area contributed by atoms with Crippen LogP contribution in [-0.4, -0.2) is 16.5 Å². The van der Waals surface area contributed by atoms with Gasteiger partial charge in [-0.3, -0.25) is 0 Å². The Morgan fingerprint density at radius 3 is 1.97 bits per heavy atom. The largest absolute Gasteiger partial charge is 0.337 e. The molecule has 0 N–H and O–H groups in total. The van der Waals surface area contributed by atoms with Gasteiger partial charge in [-0.2, -0.15) is 0 Å². The highest BCUT2D eigenvalue weighted by Gasteiger charge is 2.30. The molecule has 2 heterocycles. The Labute approximate surface area is 385 Å². The normalized spacial score (nSPS) is 13.4. The molecule has 1 aliphatic heterocycles. The van der Waals surface area contributed by atoms with Gasteiger partial charge in [0, 0.05) is 57.1 Å². The first-order valence-electron chi connectivity index (χ1n) is 22.8. The lowest BCUT2D eigenvalue weighted by Gasteiger charge is -2.32. The molecule has 10 rings (SSSR count). The fourth-order valence-electron chi connectivity index (χ4n) is 9.37. The van der Waals surface area contributed by atoms with E-state index in [1.165, 1.54) is 39.2 Å². The predicted octanol–water partition coefficient (Wildman–Crippen LogP) is 16.9. The van der Waals surface area contributed by atoms with Crippen LogP contribution in [0.15, 0.2) is 207 Å². The van der Waals surface area contributed by atoms with Crippen molar-refractivity contribution in [3.63, 3.8) is 0 Å². The second-order valence-corrected chi connectivity index (χ2v) is 17.4. The standard InChI is InChI=1S/C58H50N4.C3H6/c1-5-7-17-40-36-45-20-14-15-25-54(45)61(39-40)46-31-33-49(34-32-46)62(47-21-12-9-13-22-47)48-29-26-43(27-30-48)56-55(42-18-10-8-11-19-42)59-53-24-16-23-51(57(53)60-56)44-28-35-50-41(6-2)38-58(3,4)52(50)37-44;1-3-2/h5,8-16,18-38H,1,6-7,17,39H2,2-4H3;3H,1H2,2H3. The van der Waals surface area contributed by atoms with Gasteiger partial charge in [0.25, 0.3) is 0 Å². The van der Waals surface area contributed by atoms with Crippen molar-refractivity contribution in [1.29, 1.82) is 0 Å². The van der Waals surface area contributed by atoms with Crippen molar-refractivity contribution in [2.24, 2.45) is 0 Å². The first-order chi connectivity index (χ1) is 31.8. The lowest BCUT2D eigenvalue weighted by Crippen LogP contribution is -2.23. The number of para-hydroxylation sites is 3. The molecule has 65 heavy (non-hydrogen) atoms. The van der Waals surface area contributed by atoms with E-state index in [9.17, 15) is 0 Å². The molecule has 7 aromatic carbocycles. The molecule has 0 fully saturated rings. The van der Waals surface area contributed by atoms with Crippen LogP contribution < -0.4 is 9.80 Å². The highest BCUT2D eigenvalue weighted by atomic mass is 15.2. The molecular formula is C61H56N4. The maximum atomic E-state index is 5.54. The van der Waals surface area contributed by atoms with E-state index in [1.807, 2.05) is 19.1 Å². The number of fused-ring (bicyclic) bond motifs is 3. The lowest BCUT2D eigenvalue weighted by atomic mass is 9.85. The molecule has 0 atom stereocenters. The molecule has 0 radical (unpaired) electrons. The summed E-state index contributed by atoms with van der Waals surface area (Å²) in [7, 11) is 0. The Hall–Kier alpha value is -7.56. The summed E-state index contributed by atoms with van der Waals surface area (Å²) in [6.07, 6.45) is 11.5. The van der Waals surface area contributed by atoms with Crippen LogP contribution in [0.2, 0.25) is 0 Å². The minimum absolute atomic E-state index is 0.0254. The number of nitrogens with zero attached hydrogens (tertiary/aromatic N) is 4. The molecular weight excluding hydrogens is 789 g/mol. The highest BCUT2D eigenvalue weighted by Crippen LogP contribution is 2.45. The number of rotatable bonds is 11. The molecule has 1 aliphatic carbocycles. The van der Waals surface area contributed by atoms with E-state index in [-0.39, 0.29) is 5.41 Å². The molecule has 4 nitrogen and oxygen atoms in total. The van der Waals surface area contributed by atoms with Crippen LogP contribution in [0, 0.1) is 0 Å². The maximum absolute atomic E-state index is 5.54. The van der Waals surface area contributed by atoms with Crippen LogP contribution in [0.25, 0.3) is 56.3 Å². The summed E-state index contributed by atoms with van der Waals surface area (Å²) in [4.78, 5) is 15.7. The van der Waals surface area contributed by atoms with Gasteiger partial charge in [0.15, 0.2) is 0 Å². The fraction of sp³-hybridized carbons (Fsp3) is 0.148. The van der Waals surface area contributed by atoms with Gasteiger partial charge in [0.05, 0.1) is 22.4 Å². The van der Waals surface area contributed by atoms with Crippen LogP contribution >= 0.6 is 0 Å². The molecule has 0 spiro atoms. The fourth-order valence-corrected chi connectivity index (χ4v) is 9.37. The van der Waals surface area contributed by atoms with E-state index < -0.39 is 0 Å². The van der Waals surface area contributed by atoms with Crippen LogP contribution in [0.4, 0.5) is 28.4 Å². The Kier molecular flexibility index (Phi) is 12.3. The molecule has 2 aliphatic rings. The third kappa shape index (κ3) is 8.60. The van der Waals surface area contributed by atoms with Crippen molar-refractivity contribution < 1.29 is 0 Å². The number of anilines is 5. The molecule has 1 aromatic heterocycles. The SMILES string of the molecule is C=CC.C=CCCC1=Cc2ccccc2N(c2ccc(N(c3ccccc3)c3ccc(-c4nc5c(-c6ccc7c(c6)C(C)(C)C=C7CC)cccc5nc4-c4ccccc4)cc3)cc2)C1. The smallest absolute Gasteiger partial charge is 0.0973 e. The number of hydrogen-bond donors (Lipinski definition) is 0. The van der Waals surface area contributed by atoms with Gasteiger partial charge < -0.3 is 9.80 Å². The van der Waals surface area contributed by atoms with Gasteiger partial charge in [0.1, 0.15) is 0 Å². The molecule has 0 amide bonds. The van der Waals surface area contributed by atoms with Gasteiger partial charge in [0.2, 0.25) is 0 Å². The number of allylic oxidation sites excluding steroid dienone is 4. The molecule has 4 heteroatoms. The van der Waals surface area contributed by atoms with Crippen LogP contribution in [0.5, 0.6) is 0 Å². The molecule has 0 unspecified atom stereocenters. The molecule has 8 aromatic rings. The minimum atomic E-state index is -0.0254. The molecule has 320 valence electrons. The quantitative estimate of drug-likeness (QED) is 0.121. The zero-order chi connectivity index (χ0) is 44.9. The van der Waals surface area contributed by atoms with Crippen molar-refractivity contribution in [1.82, 2.24) is 9.97 Å². The minimum Gasteiger partial charge on any atom is -0.337 e. The van der Waals surface area contributed by atoms with Gasteiger partial charge in [-0.25, -0.2) is 9.97 Å². The van der Waals surface area contributed by atoms with Gasteiger partial charge in [-0.1, -0.05) is 148 Å². The van der Waals surface area contributed by atoms with Crippen LogP contribution in [0.3, 0.4) is 0 Å². The van der Waals surface area contributed by atoms with Gasteiger partial charge in [-0.05, 0) is 126 Å². The number of benzene rings is 7. The van der Waals surface area contributed by atoms with E-state index >= 15 is 0 Å². The first-order valence-corrected chi connectivity index (χ1v) is 22.8. The summed E-state index contributed by atoms with van der Waals surface area (Å²) >= 11 is 0. The van der Waals surface area contributed by atoms with Crippen molar-refractivity contribution in [3.05, 3.63) is 224 Å². The summed E-state index contributed by atoms with van der Waals surface area (Å²) in [6, 6.07) is 60.9. The van der Waals surface area contributed by atoms with Crippen molar-refractivity contribution in [2.75, 3.05) is 16.3 Å². The Bertz CT molecular complexity index is 3050. The Morgan fingerprint density at radius 2 is 1.26 bits per heavy atom. The molecule has 0 saturated heterocycles. The zero-order valence-electron chi connectivity index (χ0n) is 38.0. The predicted molar refractivity (Wildman–Crippen MR) is 279 cm³/mol. The number of hydrogen-bond acceptors (Lipinski definition) is 4. The summed E-state index contributed by atoms with van der Waals surface area (Å²) in [5, 5.41) is 0. The first kappa shape index (κ1) is 42.7. The third-order valence-electron chi connectivity index (χ3n) is 12.5. The third-order valence-corrected chi connectivity index (χ3v) is 12.5. The second kappa shape index (κ2) is 18.7. The van der Waals surface area contributed by atoms with Crippen LogP contribution in [0.1, 0.15) is 63.6 Å². The van der Waals surface area contributed by atoms with Crippen molar-refractivity contribution >= 4 is 51.1 Å². The van der Waals surface area contributed by atoms with E-state index in [1.54, 1.807) is 6.08 Å². The average Bonchev–Trinajstić information content (AvgIpc) is 3.62. The van der Waals surface area contributed by atoms with Crippen LogP contribution in [-0.2, 0) is 5.41 Å². The summed E-state index contributed by atoms with van der Waals surface area (Å²) in [5.74, 6) is 0. The average molecular weight is 845 g/mol. The topological polar surface area (TPSA) is 32.3 Å².